The van der Waals surface area contributed by atoms with E-state index < -0.39 is 6.10 Å². The molecule has 140 valence electrons. The van der Waals surface area contributed by atoms with Crippen molar-refractivity contribution in [1.82, 2.24) is 5.32 Å². The second-order valence-corrected chi connectivity index (χ2v) is 7.32. The van der Waals surface area contributed by atoms with Gasteiger partial charge in [0.05, 0.1) is 0 Å². The van der Waals surface area contributed by atoms with E-state index in [1.807, 2.05) is 32.0 Å². The van der Waals surface area contributed by atoms with Crippen LogP contribution in [0.4, 0.5) is 0 Å². The van der Waals surface area contributed by atoms with E-state index in [1.165, 1.54) is 11.1 Å². The standard InChI is InChI=1S/C23H31NO2/c1-16(2)21-12-10-20(11-13-21)7-6-14-24-23(25)19(5)26-22-15-17(3)8-9-18(22)4/h8-13,15-16,19H,6-7,14H2,1-5H3,(H,24,25)/t19-/m0/s1. The lowest BCUT2D eigenvalue weighted by Crippen LogP contribution is -2.37. The van der Waals surface area contributed by atoms with Crippen LogP contribution < -0.4 is 10.1 Å². The first-order chi connectivity index (χ1) is 12.4. The highest BCUT2D eigenvalue weighted by molar-refractivity contribution is 5.80. The van der Waals surface area contributed by atoms with Crippen molar-refractivity contribution < 1.29 is 9.53 Å². The van der Waals surface area contributed by atoms with Gasteiger partial charge < -0.3 is 10.1 Å². The van der Waals surface area contributed by atoms with E-state index in [1.54, 1.807) is 6.92 Å². The fraction of sp³-hybridized carbons (Fsp3) is 0.435. The van der Waals surface area contributed by atoms with Crippen LogP contribution in [0, 0.1) is 13.8 Å². The van der Waals surface area contributed by atoms with Crippen LogP contribution in [0.3, 0.4) is 0 Å². The Bertz CT molecular complexity index is 719. The lowest BCUT2D eigenvalue weighted by Gasteiger charge is -2.16. The van der Waals surface area contributed by atoms with Gasteiger partial charge in [0, 0.05) is 6.54 Å². The monoisotopic (exact) mass is 353 g/mol. The molecule has 1 amide bonds. The van der Waals surface area contributed by atoms with Crippen LogP contribution in [-0.4, -0.2) is 18.6 Å². The molecule has 0 aromatic heterocycles. The molecule has 0 aliphatic heterocycles. The molecule has 0 radical (unpaired) electrons. The summed E-state index contributed by atoms with van der Waals surface area (Å²) in [7, 11) is 0. The maximum Gasteiger partial charge on any atom is 0.260 e. The zero-order valence-corrected chi connectivity index (χ0v) is 16.6. The molecule has 0 heterocycles. The van der Waals surface area contributed by atoms with Crippen LogP contribution in [0.2, 0.25) is 0 Å². The summed E-state index contributed by atoms with van der Waals surface area (Å²) in [4.78, 5) is 12.2. The van der Waals surface area contributed by atoms with E-state index in [9.17, 15) is 4.79 Å². The van der Waals surface area contributed by atoms with E-state index in [0.29, 0.717) is 12.5 Å². The fourth-order valence-electron chi connectivity index (χ4n) is 2.80. The number of nitrogens with one attached hydrogen (secondary N) is 1. The number of carbonyl (C=O) groups is 1. The molecular weight excluding hydrogens is 322 g/mol. The molecule has 3 heteroatoms. The molecule has 1 atom stereocenters. The number of rotatable bonds is 8. The molecular formula is C23H31NO2. The highest BCUT2D eigenvalue weighted by Crippen LogP contribution is 2.20. The summed E-state index contributed by atoms with van der Waals surface area (Å²) < 4.78 is 5.83. The average molecular weight is 354 g/mol. The first kappa shape index (κ1) is 20.0. The predicted molar refractivity (Wildman–Crippen MR) is 108 cm³/mol. The van der Waals surface area contributed by atoms with Crippen LogP contribution in [0.15, 0.2) is 42.5 Å². The molecule has 3 nitrogen and oxygen atoms in total. The van der Waals surface area contributed by atoms with Crippen molar-refractivity contribution in [2.45, 2.75) is 59.5 Å². The molecule has 2 aromatic carbocycles. The summed E-state index contributed by atoms with van der Waals surface area (Å²) in [6.45, 7) is 10.9. The maximum absolute atomic E-state index is 12.2. The number of hydrogen-bond acceptors (Lipinski definition) is 2. The van der Waals surface area contributed by atoms with Crippen LogP contribution in [0.5, 0.6) is 5.75 Å². The van der Waals surface area contributed by atoms with Gasteiger partial charge in [-0.25, -0.2) is 0 Å². The summed E-state index contributed by atoms with van der Waals surface area (Å²) in [6, 6.07) is 14.8. The van der Waals surface area contributed by atoms with Crippen molar-refractivity contribution >= 4 is 5.91 Å². The van der Waals surface area contributed by atoms with Crippen molar-refractivity contribution in [3.8, 4) is 5.75 Å². The van der Waals surface area contributed by atoms with Gasteiger partial charge in [0.2, 0.25) is 0 Å². The second-order valence-electron chi connectivity index (χ2n) is 7.32. The largest absolute Gasteiger partial charge is 0.481 e. The number of hydrogen-bond donors (Lipinski definition) is 1. The van der Waals surface area contributed by atoms with Gasteiger partial charge in [-0.15, -0.1) is 0 Å². The number of amides is 1. The number of benzene rings is 2. The van der Waals surface area contributed by atoms with E-state index in [2.05, 4.69) is 43.4 Å². The molecule has 0 bridgehead atoms. The Balaban J connectivity index is 1.74. The maximum atomic E-state index is 12.2. The molecule has 2 rings (SSSR count). The fourth-order valence-corrected chi connectivity index (χ4v) is 2.80. The van der Waals surface area contributed by atoms with Crippen molar-refractivity contribution in [2.75, 3.05) is 6.54 Å². The third-order valence-electron chi connectivity index (χ3n) is 4.60. The minimum Gasteiger partial charge on any atom is -0.481 e. The van der Waals surface area contributed by atoms with E-state index >= 15 is 0 Å². The van der Waals surface area contributed by atoms with Crippen LogP contribution in [0.1, 0.15) is 55.4 Å². The molecule has 0 aliphatic rings. The van der Waals surface area contributed by atoms with Crippen LogP contribution >= 0.6 is 0 Å². The minimum atomic E-state index is -0.499. The number of carbonyl (C=O) groups excluding carboxylic acids is 1. The first-order valence-electron chi connectivity index (χ1n) is 9.47. The molecule has 2 aromatic rings. The van der Waals surface area contributed by atoms with Gasteiger partial charge in [-0.1, -0.05) is 50.2 Å². The van der Waals surface area contributed by atoms with Gasteiger partial charge in [-0.2, -0.15) is 0 Å². The lowest BCUT2D eigenvalue weighted by molar-refractivity contribution is -0.127. The van der Waals surface area contributed by atoms with Crippen molar-refractivity contribution in [3.63, 3.8) is 0 Å². The molecule has 0 fully saturated rings. The zero-order chi connectivity index (χ0) is 19.1. The Hall–Kier alpha value is -2.29. The summed E-state index contributed by atoms with van der Waals surface area (Å²) in [6.07, 6.45) is 1.38. The molecule has 0 saturated carbocycles. The lowest BCUT2D eigenvalue weighted by atomic mass is 10.0. The van der Waals surface area contributed by atoms with Gasteiger partial charge in [-0.3, -0.25) is 4.79 Å². The Morgan fingerprint density at radius 2 is 1.73 bits per heavy atom. The summed E-state index contributed by atoms with van der Waals surface area (Å²) in [5.41, 5.74) is 4.84. The van der Waals surface area contributed by atoms with Crippen molar-refractivity contribution in [3.05, 3.63) is 64.7 Å². The van der Waals surface area contributed by atoms with E-state index in [4.69, 9.17) is 4.74 Å². The number of ether oxygens (including phenoxy) is 1. The third-order valence-corrected chi connectivity index (χ3v) is 4.60. The summed E-state index contributed by atoms with van der Waals surface area (Å²) >= 11 is 0. The van der Waals surface area contributed by atoms with Gasteiger partial charge in [0.15, 0.2) is 6.10 Å². The van der Waals surface area contributed by atoms with Gasteiger partial charge >= 0.3 is 0 Å². The summed E-state index contributed by atoms with van der Waals surface area (Å²) in [5, 5.41) is 2.97. The topological polar surface area (TPSA) is 38.3 Å². The Kier molecular flexibility index (Phi) is 7.26. The van der Waals surface area contributed by atoms with Crippen molar-refractivity contribution in [2.24, 2.45) is 0 Å². The van der Waals surface area contributed by atoms with Gasteiger partial charge in [0.25, 0.3) is 5.91 Å². The van der Waals surface area contributed by atoms with Gasteiger partial charge in [0.1, 0.15) is 5.75 Å². The van der Waals surface area contributed by atoms with E-state index in [0.717, 1.165) is 29.7 Å². The van der Waals surface area contributed by atoms with Crippen molar-refractivity contribution in [1.29, 1.82) is 0 Å². The number of aryl methyl sites for hydroxylation is 3. The van der Waals surface area contributed by atoms with Crippen LogP contribution in [-0.2, 0) is 11.2 Å². The minimum absolute atomic E-state index is 0.0685. The smallest absolute Gasteiger partial charge is 0.260 e. The molecule has 1 N–H and O–H groups in total. The third kappa shape index (κ3) is 5.91. The molecule has 0 saturated heterocycles. The quantitative estimate of drug-likeness (QED) is 0.682. The summed E-state index contributed by atoms with van der Waals surface area (Å²) in [5.74, 6) is 1.26. The first-order valence-corrected chi connectivity index (χ1v) is 9.47. The predicted octanol–water partition coefficient (Wildman–Crippen LogP) is 4.94. The molecule has 0 aliphatic carbocycles. The SMILES string of the molecule is Cc1ccc(C)c(O[C@@H](C)C(=O)NCCCc2ccc(C(C)C)cc2)c1. The highest BCUT2D eigenvalue weighted by atomic mass is 16.5. The van der Waals surface area contributed by atoms with Gasteiger partial charge in [-0.05, 0) is 67.9 Å². The Labute approximate surface area is 157 Å². The Morgan fingerprint density at radius 1 is 1.04 bits per heavy atom. The second kappa shape index (κ2) is 9.42. The van der Waals surface area contributed by atoms with Crippen LogP contribution in [0.25, 0.3) is 0 Å². The highest BCUT2D eigenvalue weighted by Gasteiger charge is 2.15. The molecule has 0 unspecified atom stereocenters. The normalized spacial score (nSPS) is 12.1. The zero-order valence-electron chi connectivity index (χ0n) is 16.6. The molecule has 26 heavy (non-hydrogen) atoms. The Morgan fingerprint density at radius 3 is 2.38 bits per heavy atom. The van der Waals surface area contributed by atoms with E-state index in [-0.39, 0.29) is 5.91 Å². The average Bonchev–Trinajstić information content (AvgIpc) is 2.62. The molecule has 0 spiro atoms.